The van der Waals surface area contributed by atoms with Crippen LogP contribution in [0.1, 0.15) is 17.8 Å². The fourth-order valence-corrected chi connectivity index (χ4v) is 5.42. The topological polar surface area (TPSA) is 86.1 Å². The number of hydrogen-bond donors (Lipinski definition) is 1. The van der Waals surface area contributed by atoms with Gasteiger partial charge in [-0.1, -0.05) is 36.0 Å². The van der Waals surface area contributed by atoms with Gasteiger partial charge in [0.15, 0.2) is 5.16 Å². The molecule has 0 saturated carbocycles. The maximum Gasteiger partial charge on any atom is 0.262 e. The average molecular weight is 493 g/mol. The van der Waals surface area contributed by atoms with E-state index in [1.807, 2.05) is 54.8 Å². The lowest BCUT2D eigenvalue weighted by Gasteiger charge is -2.16. The highest BCUT2D eigenvalue weighted by Gasteiger charge is 2.20. The monoisotopic (exact) mass is 492 g/mol. The summed E-state index contributed by atoms with van der Waals surface area (Å²) < 4.78 is 7.41. The zero-order chi connectivity index (χ0) is 23.5. The molecule has 1 N–H and O–H groups in total. The quantitative estimate of drug-likeness (QED) is 0.296. The fourth-order valence-electron chi connectivity index (χ4n) is 3.99. The number of nitrogens with zero attached hydrogens (tertiary/aromatic N) is 3. The first-order valence-corrected chi connectivity index (χ1v) is 13.0. The summed E-state index contributed by atoms with van der Waals surface area (Å²) in [5.74, 6) is -0.0289. The molecule has 174 valence electrons. The van der Waals surface area contributed by atoms with Crippen LogP contribution in [0.15, 0.2) is 63.9 Å². The summed E-state index contributed by atoms with van der Waals surface area (Å²) in [5, 5.41) is 7.05. The second-order valence-electron chi connectivity index (χ2n) is 8.13. The van der Waals surface area contributed by atoms with E-state index in [1.54, 1.807) is 22.0 Å². The first-order valence-electron chi connectivity index (χ1n) is 11.1. The van der Waals surface area contributed by atoms with Crippen molar-refractivity contribution in [3.05, 3.63) is 69.3 Å². The number of para-hydroxylation sites is 1. The number of thiazole rings is 1. The van der Waals surface area contributed by atoms with Crippen LogP contribution in [0.2, 0.25) is 0 Å². The van der Waals surface area contributed by atoms with Crippen molar-refractivity contribution in [2.75, 3.05) is 17.7 Å². The van der Waals surface area contributed by atoms with Gasteiger partial charge in [-0.2, -0.15) is 0 Å². The average Bonchev–Trinajstić information content (AvgIpc) is 3.52. The molecule has 1 unspecified atom stereocenters. The Morgan fingerprint density at radius 2 is 2.12 bits per heavy atom. The number of carbonyl (C=O) groups is 1. The largest absolute Gasteiger partial charge is 0.376 e. The molecule has 1 aliphatic rings. The summed E-state index contributed by atoms with van der Waals surface area (Å²) in [6.45, 7) is 3.12. The highest BCUT2D eigenvalue weighted by Crippen LogP contribution is 2.25. The molecule has 0 aliphatic carbocycles. The minimum atomic E-state index is -0.164. The van der Waals surface area contributed by atoms with Gasteiger partial charge in [-0.05, 0) is 44.0 Å². The molecular weight excluding hydrogens is 468 g/mol. The summed E-state index contributed by atoms with van der Waals surface area (Å²) in [4.78, 5) is 35.2. The molecule has 1 amide bonds. The number of benzene rings is 2. The van der Waals surface area contributed by atoms with E-state index in [9.17, 15) is 9.59 Å². The number of amides is 1. The van der Waals surface area contributed by atoms with Crippen LogP contribution >= 0.6 is 23.1 Å². The zero-order valence-electron chi connectivity index (χ0n) is 18.7. The van der Waals surface area contributed by atoms with Crippen molar-refractivity contribution in [1.29, 1.82) is 0 Å². The molecule has 9 heteroatoms. The number of anilines is 1. The Balaban J connectivity index is 1.33. The normalized spacial score (nSPS) is 15.6. The number of ether oxygens (including phenoxy) is 1. The van der Waals surface area contributed by atoms with E-state index >= 15 is 0 Å². The Morgan fingerprint density at radius 3 is 2.91 bits per heavy atom. The van der Waals surface area contributed by atoms with Gasteiger partial charge in [0.25, 0.3) is 5.56 Å². The maximum absolute atomic E-state index is 13.2. The first kappa shape index (κ1) is 22.8. The highest BCUT2D eigenvalue weighted by molar-refractivity contribution is 7.99. The number of hydrogen-bond acceptors (Lipinski definition) is 7. The molecule has 2 aromatic heterocycles. The smallest absolute Gasteiger partial charge is 0.262 e. The van der Waals surface area contributed by atoms with Gasteiger partial charge in [0.05, 0.1) is 40.0 Å². The Labute approximate surface area is 205 Å². The standard InChI is InChI=1S/C25H24N4O3S2/c1-16-26-22(14-33-16)17-6-4-7-18(12-17)27-23(30)15-34-25-28-21-10-3-2-9-20(21)24(31)29(25)13-19-8-5-11-32-19/h2-4,6-7,9-10,12,14,19H,5,8,11,13,15H2,1H3,(H,27,30). The minimum Gasteiger partial charge on any atom is -0.376 e. The van der Waals surface area contributed by atoms with E-state index in [0.29, 0.717) is 34.9 Å². The summed E-state index contributed by atoms with van der Waals surface area (Å²) >= 11 is 2.86. The second kappa shape index (κ2) is 10.1. The maximum atomic E-state index is 13.2. The van der Waals surface area contributed by atoms with Gasteiger partial charge in [-0.15, -0.1) is 11.3 Å². The number of aryl methyl sites for hydroxylation is 1. The van der Waals surface area contributed by atoms with Crippen molar-refractivity contribution in [2.24, 2.45) is 0 Å². The number of fused-ring (bicyclic) bond motifs is 1. The Hall–Kier alpha value is -3.01. The van der Waals surface area contributed by atoms with Crippen LogP contribution in [0, 0.1) is 6.92 Å². The van der Waals surface area contributed by atoms with Gasteiger partial charge in [0.1, 0.15) is 0 Å². The molecule has 1 saturated heterocycles. The lowest BCUT2D eigenvalue weighted by molar-refractivity contribution is -0.113. The third-order valence-corrected chi connectivity index (χ3v) is 7.38. The molecule has 2 aromatic carbocycles. The molecule has 0 spiro atoms. The van der Waals surface area contributed by atoms with Crippen LogP contribution in [-0.4, -0.2) is 38.9 Å². The number of carbonyl (C=O) groups excluding carboxylic acids is 1. The lowest BCUT2D eigenvalue weighted by Crippen LogP contribution is -2.29. The van der Waals surface area contributed by atoms with Crippen molar-refractivity contribution in [3.8, 4) is 11.3 Å². The minimum absolute atomic E-state index is 0.00840. The van der Waals surface area contributed by atoms with Crippen molar-refractivity contribution >= 4 is 45.6 Å². The summed E-state index contributed by atoms with van der Waals surface area (Å²) in [6.07, 6.45) is 1.90. The molecule has 7 nitrogen and oxygen atoms in total. The summed E-state index contributed by atoms with van der Waals surface area (Å²) in [7, 11) is 0. The molecular formula is C25H24N4O3S2. The van der Waals surface area contributed by atoms with Crippen molar-refractivity contribution in [3.63, 3.8) is 0 Å². The van der Waals surface area contributed by atoms with E-state index in [2.05, 4.69) is 10.3 Å². The predicted molar refractivity (Wildman–Crippen MR) is 137 cm³/mol. The Bertz CT molecular complexity index is 1390. The van der Waals surface area contributed by atoms with Gasteiger partial charge in [-0.3, -0.25) is 14.2 Å². The van der Waals surface area contributed by atoms with Gasteiger partial charge in [0, 0.05) is 23.2 Å². The van der Waals surface area contributed by atoms with E-state index < -0.39 is 0 Å². The van der Waals surface area contributed by atoms with Crippen LogP contribution in [0.5, 0.6) is 0 Å². The molecule has 4 aromatic rings. The van der Waals surface area contributed by atoms with E-state index in [1.165, 1.54) is 11.8 Å². The summed E-state index contributed by atoms with van der Waals surface area (Å²) in [6, 6.07) is 14.9. The van der Waals surface area contributed by atoms with Crippen molar-refractivity contribution in [2.45, 2.75) is 37.6 Å². The Kier molecular flexibility index (Phi) is 6.75. The van der Waals surface area contributed by atoms with Crippen LogP contribution in [-0.2, 0) is 16.1 Å². The van der Waals surface area contributed by atoms with E-state index in [-0.39, 0.29) is 23.3 Å². The molecule has 1 aliphatic heterocycles. The Morgan fingerprint density at radius 1 is 1.24 bits per heavy atom. The first-order chi connectivity index (χ1) is 16.6. The molecule has 5 rings (SSSR count). The molecule has 1 atom stereocenters. The van der Waals surface area contributed by atoms with Crippen molar-refractivity contribution < 1.29 is 9.53 Å². The lowest BCUT2D eigenvalue weighted by atomic mass is 10.1. The molecule has 34 heavy (non-hydrogen) atoms. The second-order valence-corrected chi connectivity index (χ2v) is 10.1. The fraction of sp³-hybridized carbons (Fsp3) is 0.280. The van der Waals surface area contributed by atoms with Crippen LogP contribution in [0.25, 0.3) is 22.2 Å². The van der Waals surface area contributed by atoms with E-state index in [4.69, 9.17) is 9.72 Å². The molecule has 1 fully saturated rings. The predicted octanol–water partition coefficient (Wildman–Crippen LogP) is 4.74. The van der Waals surface area contributed by atoms with Crippen molar-refractivity contribution in [1.82, 2.24) is 14.5 Å². The number of nitrogens with one attached hydrogen (secondary N) is 1. The van der Waals surface area contributed by atoms with Gasteiger partial charge in [0.2, 0.25) is 5.91 Å². The number of aromatic nitrogens is 3. The number of rotatable bonds is 7. The number of thioether (sulfide) groups is 1. The highest BCUT2D eigenvalue weighted by atomic mass is 32.2. The summed E-state index contributed by atoms with van der Waals surface area (Å²) in [5.41, 5.74) is 3.08. The van der Waals surface area contributed by atoms with Gasteiger partial charge >= 0.3 is 0 Å². The van der Waals surface area contributed by atoms with Gasteiger partial charge < -0.3 is 10.1 Å². The third-order valence-electron chi connectivity index (χ3n) is 5.63. The third kappa shape index (κ3) is 5.06. The molecule has 0 bridgehead atoms. The van der Waals surface area contributed by atoms with Crippen LogP contribution in [0.4, 0.5) is 5.69 Å². The van der Waals surface area contributed by atoms with E-state index in [0.717, 1.165) is 29.1 Å². The SMILES string of the molecule is Cc1nc(-c2cccc(NC(=O)CSc3nc4ccccc4c(=O)n3CC3CCCO3)c2)cs1. The zero-order valence-corrected chi connectivity index (χ0v) is 20.3. The van der Waals surface area contributed by atoms with Crippen LogP contribution in [0.3, 0.4) is 0 Å². The molecule has 0 radical (unpaired) electrons. The van der Waals surface area contributed by atoms with Gasteiger partial charge in [-0.25, -0.2) is 9.97 Å². The molecule has 3 heterocycles. The van der Waals surface area contributed by atoms with Crippen LogP contribution < -0.4 is 10.9 Å².